The molecule has 4 heteroatoms. The number of hydrogen-bond acceptors (Lipinski definition) is 4. The molecule has 1 heterocycles. The summed E-state index contributed by atoms with van der Waals surface area (Å²) in [7, 11) is 3.54. The fourth-order valence-corrected chi connectivity index (χ4v) is 1.61. The maximum atomic E-state index is 8.87. The van der Waals surface area contributed by atoms with E-state index in [-0.39, 0.29) is 0 Å². The molecule has 18 heavy (non-hydrogen) atoms. The Balaban J connectivity index is 2.29. The molecule has 2 rings (SSSR count). The lowest BCUT2D eigenvalue weighted by atomic mass is 10.2. The van der Waals surface area contributed by atoms with Crippen LogP contribution in [0.25, 0.3) is 0 Å². The van der Waals surface area contributed by atoms with Crippen molar-refractivity contribution < 1.29 is 4.74 Å². The largest absolute Gasteiger partial charge is 0.497 e. The van der Waals surface area contributed by atoms with Crippen LogP contribution in [0.1, 0.15) is 5.56 Å². The van der Waals surface area contributed by atoms with Crippen LogP contribution in [0.5, 0.6) is 5.75 Å². The second-order valence-corrected chi connectivity index (χ2v) is 3.77. The Bertz CT molecular complexity index is 572. The zero-order chi connectivity index (χ0) is 13.0. The summed E-state index contributed by atoms with van der Waals surface area (Å²) in [6.45, 7) is 0. The zero-order valence-corrected chi connectivity index (χ0v) is 10.3. The minimum absolute atomic E-state index is 0.598. The molecule has 0 spiro atoms. The van der Waals surface area contributed by atoms with Crippen LogP contribution in [0.2, 0.25) is 0 Å². The molecule has 0 atom stereocenters. The third-order valence-electron chi connectivity index (χ3n) is 2.68. The van der Waals surface area contributed by atoms with Crippen LogP contribution in [-0.2, 0) is 0 Å². The third-order valence-corrected chi connectivity index (χ3v) is 2.68. The van der Waals surface area contributed by atoms with Gasteiger partial charge in [0.15, 0.2) is 0 Å². The summed E-state index contributed by atoms with van der Waals surface area (Å²) in [5.41, 5.74) is 1.58. The van der Waals surface area contributed by atoms with E-state index in [1.54, 1.807) is 25.4 Å². The van der Waals surface area contributed by atoms with Crippen LogP contribution in [0.15, 0.2) is 42.6 Å². The summed E-state index contributed by atoms with van der Waals surface area (Å²) in [5, 5.41) is 8.87. The highest BCUT2D eigenvalue weighted by Crippen LogP contribution is 2.24. The smallest absolute Gasteiger partial charge is 0.133 e. The van der Waals surface area contributed by atoms with Crippen molar-refractivity contribution in [1.82, 2.24) is 4.98 Å². The van der Waals surface area contributed by atoms with E-state index in [0.717, 1.165) is 17.3 Å². The molecule has 1 aromatic carbocycles. The summed E-state index contributed by atoms with van der Waals surface area (Å²) < 4.78 is 5.11. The van der Waals surface area contributed by atoms with Gasteiger partial charge in [-0.3, -0.25) is 0 Å². The Labute approximate surface area is 106 Å². The van der Waals surface area contributed by atoms with Crippen molar-refractivity contribution in [1.29, 1.82) is 5.26 Å². The van der Waals surface area contributed by atoms with Crippen LogP contribution < -0.4 is 9.64 Å². The van der Waals surface area contributed by atoms with Gasteiger partial charge in [-0.25, -0.2) is 4.98 Å². The predicted molar refractivity (Wildman–Crippen MR) is 70.0 cm³/mol. The lowest BCUT2D eigenvalue weighted by molar-refractivity contribution is 0.415. The van der Waals surface area contributed by atoms with Crippen molar-refractivity contribution in [3.05, 3.63) is 48.2 Å². The zero-order valence-electron chi connectivity index (χ0n) is 10.3. The Hall–Kier alpha value is -2.54. The number of rotatable bonds is 3. The molecular formula is C14H13N3O. The van der Waals surface area contributed by atoms with E-state index in [9.17, 15) is 0 Å². The van der Waals surface area contributed by atoms with E-state index in [1.807, 2.05) is 36.2 Å². The van der Waals surface area contributed by atoms with E-state index < -0.39 is 0 Å². The number of anilines is 2. The Kier molecular flexibility index (Phi) is 3.44. The first-order valence-corrected chi connectivity index (χ1v) is 5.48. The molecule has 0 unspecified atom stereocenters. The van der Waals surface area contributed by atoms with Crippen LogP contribution in [0.3, 0.4) is 0 Å². The maximum Gasteiger partial charge on any atom is 0.133 e. The SMILES string of the molecule is COc1ccc(N(C)c2cc(C#N)ccn2)cc1. The summed E-state index contributed by atoms with van der Waals surface area (Å²) in [6.07, 6.45) is 1.63. The summed E-state index contributed by atoms with van der Waals surface area (Å²) >= 11 is 0. The lowest BCUT2D eigenvalue weighted by Crippen LogP contribution is -2.11. The van der Waals surface area contributed by atoms with E-state index in [1.165, 1.54) is 0 Å². The van der Waals surface area contributed by atoms with Gasteiger partial charge in [-0.2, -0.15) is 5.26 Å². The van der Waals surface area contributed by atoms with Crippen molar-refractivity contribution in [2.45, 2.75) is 0 Å². The number of pyridine rings is 1. The van der Waals surface area contributed by atoms with E-state index in [0.29, 0.717) is 5.56 Å². The number of benzene rings is 1. The van der Waals surface area contributed by atoms with Gasteiger partial charge in [0.1, 0.15) is 11.6 Å². The molecule has 0 N–H and O–H groups in total. The summed E-state index contributed by atoms with van der Waals surface area (Å²) in [6, 6.07) is 13.2. The molecule has 1 aromatic heterocycles. The summed E-state index contributed by atoms with van der Waals surface area (Å²) in [4.78, 5) is 6.17. The minimum atomic E-state index is 0.598. The van der Waals surface area contributed by atoms with Gasteiger partial charge in [0.05, 0.1) is 18.7 Å². The van der Waals surface area contributed by atoms with Crippen molar-refractivity contribution in [2.24, 2.45) is 0 Å². The standard InChI is InChI=1S/C14H13N3O/c1-17(12-3-5-13(18-2)6-4-12)14-9-11(10-15)7-8-16-14/h3-9H,1-2H3. The highest BCUT2D eigenvalue weighted by molar-refractivity contribution is 5.61. The third kappa shape index (κ3) is 2.41. The summed E-state index contributed by atoms with van der Waals surface area (Å²) in [5.74, 6) is 1.55. The Morgan fingerprint density at radius 3 is 2.56 bits per heavy atom. The van der Waals surface area contributed by atoms with Gasteiger partial charge in [-0.1, -0.05) is 0 Å². The van der Waals surface area contributed by atoms with E-state index >= 15 is 0 Å². The number of methoxy groups -OCH3 is 1. The number of nitrogens with zero attached hydrogens (tertiary/aromatic N) is 3. The van der Waals surface area contributed by atoms with Gasteiger partial charge >= 0.3 is 0 Å². The second-order valence-electron chi connectivity index (χ2n) is 3.77. The van der Waals surface area contributed by atoms with Crippen molar-refractivity contribution in [2.75, 3.05) is 19.1 Å². The molecule has 90 valence electrons. The highest BCUT2D eigenvalue weighted by atomic mass is 16.5. The molecule has 0 bridgehead atoms. The Morgan fingerprint density at radius 2 is 1.94 bits per heavy atom. The first-order valence-electron chi connectivity index (χ1n) is 5.48. The molecule has 2 aromatic rings. The highest BCUT2D eigenvalue weighted by Gasteiger charge is 2.06. The topological polar surface area (TPSA) is 49.1 Å². The van der Waals surface area contributed by atoms with Gasteiger partial charge in [-0.05, 0) is 36.4 Å². The van der Waals surface area contributed by atoms with E-state index in [2.05, 4.69) is 11.1 Å². The normalized spacial score (nSPS) is 9.61. The molecule has 0 aliphatic carbocycles. The first kappa shape index (κ1) is 11.9. The average molecular weight is 239 g/mol. The van der Waals surface area contributed by atoms with E-state index in [4.69, 9.17) is 10.00 Å². The first-order chi connectivity index (χ1) is 8.74. The van der Waals surface area contributed by atoms with Crippen LogP contribution in [0.4, 0.5) is 11.5 Å². The van der Waals surface area contributed by atoms with Gasteiger partial charge in [0.2, 0.25) is 0 Å². The fraction of sp³-hybridized carbons (Fsp3) is 0.143. The minimum Gasteiger partial charge on any atom is -0.497 e. The maximum absolute atomic E-state index is 8.87. The van der Waals surface area contributed by atoms with Gasteiger partial charge < -0.3 is 9.64 Å². The fourth-order valence-electron chi connectivity index (χ4n) is 1.61. The van der Waals surface area contributed by atoms with Crippen LogP contribution >= 0.6 is 0 Å². The molecular weight excluding hydrogens is 226 g/mol. The van der Waals surface area contributed by atoms with Gasteiger partial charge in [0, 0.05) is 18.9 Å². The van der Waals surface area contributed by atoms with Crippen LogP contribution in [-0.4, -0.2) is 19.1 Å². The molecule has 0 radical (unpaired) electrons. The average Bonchev–Trinajstić information content (AvgIpc) is 2.46. The number of aromatic nitrogens is 1. The monoisotopic (exact) mass is 239 g/mol. The van der Waals surface area contributed by atoms with Crippen molar-refractivity contribution in [3.63, 3.8) is 0 Å². The molecule has 0 saturated carbocycles. The lowest BCUT2D eigenvalue weighted by Gasteiger charge is -2.18. The molecule has 0 fully saturated rings. The number of hydrogen-bond donors (Lipinski definition) is 0. The molecule has 0 saturated heterocycles. The quantitative estimate of drug-likeness (QED) is 0.826. The molecule has 0 aliphatic heterocycles. The molecule has 4 nitrogen and oxygen atoms in total. The van der Waals surface area contributed by atoms with Crippen molar-refractivity contribution in [3.8, 4) is 11.8 Å². The van der Waals surface area contributed by atoms with Gasteiger partial charge in [-0.15, -0.1) is 0 Å². The van der Waals surface area contributed by atoms with Crippen molar-refractivity contribution >= 4 is 11.5 Å². The number of nitriles is 1. The predicted octanol–water partition coefficient (Wildman–Crippen LogP) is 2.73. The Morgan fingerprint density at radius 1 is 1.22 bits per heavy atom. The second kappa shape index (κ2) is 5.19. The molecule has 0 aliphatic rings. The van der Waals surface area contributed by atoms with Gasteiger partial charge in [0.25, 0.3) is 0 Å². The number of ether oxygens (including phenoxy) is 1. The molecule has 0 amide bonds. The van der Waals surface area contributed by atoms with Crippen LogP contribution in [0, 0.1) is 11.3 Å².